The topological polar surface area (TPSA) is 74.9 Å². The molecule has 2 aliphatic rings. The van der Waals surface area contributed by atoms with Crippen LogP contribution in [0.25, 0.3) is 0 Å². The number of carbonyl (C=O) groups is 2. The second-order valence-electron chi connectivity index (χ2n) is 7.35. The van der Waals surface area contributed by atoms with Crippen molar-refractivity contribution in [1.82, 2.24) is 14.8 Å². The average Bonchev–Trinajstić information content (AvgIpc) is 3.29. The summed E-state index contributed by atoms with van der Waals surface area (Å²) in [5.74, 6) is 0.211. The predicted molar refractivity (Wildman–Crippen MR) is 103 cm³/mol. The molecule has 1 unspecified atom stereocenters. The Labute approximate surface area is 168 Å². The lowest BCUT2D eigenvalue weighted by Gasteiger charge is -2.42. The summed E-state index contributed by atoms with van der Waals surface area (Å²) in [6, 6.07) is 9.49. The minimum Gasteiger partial charge on any atom is -0.491 e. The van der Waals surface area contributed by atoms with Crippen molar-refractivity contribution < 1.29 is 23.5 Å². The summed E-state index contributed by atoms with van der Waals surface area (Å²) in [4.78, 5) is 31.5. The molecule has 0 saturated carbocycles. The van der Waals surface area contributed by atoms with Gasteiger partial charge in [0.05, 0.1) is 6.54 Å². The number of morpholine rings is 1. The normalized spacial score (nSPS) is 20.7. The standard InChI is InChI=1S/C21H24FN3O4/c22-15-3-5-17(6-4-15)28-13-18-12-25(20(26)14-29-18)16-7-10-24(11-8-16)21(27)19-2-1-9-23-19/h1-6,9,16,18,23H,7-8,10-14H2. The highest BCUT2D eigenvalue weighted by atomic mass is 19.1. The maximum atomic E-state index is 13.0. The summed E-state index contributed by atoms with van der Waals surface area (Å²) >= 11 is 0. The van der Waals surface area contributed by atoms with Crippen molar-refractivity contribution in [2.24, 2.45) is 0 Å². The number of piperidine rings is 1. The highest BCUT2D eigenvalue weighted by Gasteiger charge is 2.34. The van der Waals surface area contributed by atoms with Crippen LogP contribution in [0.5, 0.6) is 5.75 Å². The predicted octanol–water partition coefficient (Wildman–Crippen LogP) is 2.06. The number of benzene rings is 1. The first-order valence-electron chi connectivity index (χ1n) is 9.82. The van der Waals surface area contributed by atoms with Gasteiger partial charge in [0.25, 0.3) is 5.91 Å². The summed E-state index contributed by atoms with van der Waals surface area (Å²) in [7, 11) is 0. The Morgan fingerprint density at radius 2 is 1.97 bits per heavy atom. The number of likely N-dealkylation sites (tertiary alicyclic amines) is 1. The van der Waals surface area contributed by atoms with Crippen molar-refractivity contribution >= 4 is 11.8 Å². The maximum Gasteiger partial charge on any atom is 0.270 e. The molecule has 4 rings (SSSR count). The molecular weight excluding hydrogens is 377 g/mol. The van der Waals surface area contributed by atoms with E-state index in [1.807, 2.05) is 9.80 Å². The van der Waals surface area contributed by atoms with Crippen LogP contribution in [0.4, 0.5) is 4.39 Å². The van der Waals surface area contributed by atoms with Gasteiger partial charge in [0.2, 0.25) is 5.91 Å². The van der Waals surface area contributed by atoms with E-state index in [4.69, 9.17) is 9.47 Å². The fourth-order valence-corrected chi connectivity index (χ4v) is 3.83. The van der Waals surface area contributed by atoms with Crippen LogP contribution in [-0.4, -0.2) is 71.6 Å². The first kappa shape index (κ1) is 19.4. The molecule has 2 amide bonds. The molecule has 1 aromatic heterocycles. The molecule has 29 heavy (non-hydrogen) atoms. The number of hydrogen-bond donors (Lipinski definition) is 1. The van der Waals surface area contributed by atoms with Crippen LogP contribution < -0.4 is 4.74 Å². The molecule has 2 aromatic rings. The van der Waals surface area contributed by atoms with Gasteiger partial charge in [-0.1, -0.05) is 0 Å². The van der Waals surface area contributed by atoms with Crippen molar-refractivity contribution in [3.05, 3.63) is 54.1 Å². The van der Waals surface area contributed by atoms with Crippen LogP contribution in [0.2, 0.25) is 0 Å². The summed E-state index contributed by atoms with van der Waals surface area (Å²) in [5, 5.41) is 0. The van der Waals surface area contributed by atoms with Crippen LogP contribution >= 0.6 is 0 Å². The smallest absolute Gasteiger partial charge is 0.270 e. The molecule has 1 atom stereocenters. The van der Waals surface area contributed by atoms with Crippen LogP contribution in [0.15, 0.2) is 42.6 Å². The number of nitrogens with one attached hydrogen (secondary N) is 1. The highest BCUT2D eigenvalue weighted by Crippen LogP contribution is 2.22. The zero-order valence-electron chi connectivity index (χ0n) is 16.1. The van der Waals surface area contributed by atoms with Gasteiger partial charge < -0.3 is 24.3 Å². The molecule has 1 N–H and O–H groups in total. The minimum atomic E-state index is -0.316. The van der Waals surface area contributed by atoms with E-state index in [0.717, 1.165) is 12.8 Å². The molecule has 1 aromatic carbocycles. The molecular formula is C21H24FN3O4. The molecule has 2 aliphatic heterocycles. The van der Waals surface area contributed by atoms with Gasteiger partial charge in [-0.2, -0.15) is 0 Å². The SMILES string of the molecule is O=C(c1ccc[nH]1)N1CCC(N2CC(COc3ccc(F)cc3)OCC2=O)CC1. The molecule has 0 spiro atoms. The van der Waals surface area contributed by atoms with E-state index in [9.17, 15) is 14.0 Å². The molecule has 0 aliphatic carbocycles. The van der Waals surface area contributed by atoms with E-state index in [1.165, 1.54) is 12.1 Å². The van der Waals surface area contributed by atoms with Gasteiger partial charge in [0.15, 0.2) is 0 Å². The third kappa shape index (κ3) is 4.59. The van der Waals surface area contributed by atoms with Gasteiger partial charge >= 0.3 is 0 Å². The summed E-state index contributed by atoms with van der Waals surface area (Å²) in [6.07, 6.45) is 2.98. The van der Waals surface area contributed by atoms with E-state index < -0.39 is 0 Å². The zero-order chi connectivity index (χ0) is 20.2. The molecule has 0 bridgehead atoms. The van der Waals surface area contributed by atoms with Gasteiger partial charge in [-0.05, 0) is 49.2 Å². The van der Waals surface area contributed by atoms with E-state index in [-0.39, 0.29) is 36.4 Å². The van der Waals surface area contributed by atoms with Gasteiger partial charge in [0.1, 0.15) is 36.6 Å². The summed E-state index contributed by atoms with van der Waals surface area (Å²) < 4.78 is 24.3. The van der Waals surface area contributed by atoms with Crippen molar-refractivity contribution in [3.63, 3.8) is 0 Å². The van der Waals surface area contributed by atoms with E-state index >= 15 is 0 Å². The largest absolute Gasteiger partial charge is 0.491 e. The van der Waals surface area contributed by atoms with Crippen LogP contribution in [0, 0.1) is 5.82 Å². The zero-order valence-corrected chi connectivity index (χ0v) is 16.1. The molecule has 154 valence electrons. The van der Waals surface area contributed by atoms with Gasteiger partial charge in [-0.25, -0.2) is 4.39 Å². The molecule has 0 radical (unpaired) electrons. The fraction of sp³-hybridized carbons (Fsp3) is 0.429. The lowest BCUT2D eigenvalue weighted by Crippen LogP contribution is -2.55. The maximum absolute atomic E-state index is 13.0. The van der Waals surface area contributed by atoms with Gasteiger partial charge in [0, 0.05) is 25.3 Å². The van der Waals surface area contributed by atoms with Crippen LogP contribution in [0.1, 0.15) is 23.3 Å². The first-order valence-corrected chi connectivity index (χ1v) is 9.82. The Bertz CT molecular complexity index is 832. The number of halogens is 1. The van der Waals surface area contributed by atoms with E-state index in [1.54, 1.807) is 30.5 Å². The number of H-pyrrole nitrogens is 1. The van der Waals surface area contributed by atoms with E-state index in [0.29, 0.717) is 37.7 Å². The van der Waals surface area contributed by atoms with Crippen molar-refractivity contribution in [2.45, 2.75) is 25.0 Å². The minimum absolute atomic E-state index is 0.00710. The Morgan fingerprint density at radius 3 is 2.66 bits per heavy atom. The highest BCUT2D eigenvalue weighted by molar-refractivity contribution is 5.92. The number of rotatable bonds is 5. The van der Waals surface area contributed by atoms with E-state index in [2.05, 4.69) is 4.98 Å². The Morgan fingerprint density at radius 1 is 1.21 bits per heavy atom. The van der Waals surface area contributed by atoms with Crippen molar-refractivity contribution in [1.29, 1.82) is 0 Å². The lowest BCUT2D eigenvalue weighted by atomic mass is 10.0. The molecule has 3 heterocycles. The quantitative estimate of drug-likeness (QED) is 0.832. The fourth-order valence-electron chi connectivity index (χ4n) is 3.83. The number of nitrogens with zero attached hydrogens (tertiary/aromatic N) is 2. The number of ether oxygens (including phenoxy) is 2. The van der Waals surface area contributed by atoms with Crippen molar-refractivity contribution in [2.75, 3.05) is 32.8 Å². The number of aromatic amines is 1. The monoisotopic (exact) mass is 401 g/mol. The second kappa shape index (κ2) is 8.65. The number of hydrogen-bond acceptors (Lipinski definition) is 4. The Balaban J connectivity index is 1.29. The Hall–Kier alpha value is -2.87. The van der Waals surface area contributed by atoms with Gasteiger partial charge in [-0.15, -0.1) is 0 Å². The third-order valence-corrected chi connectivity index (χ3v) is 5.43. The lowest BCUT2D eigenvalue weighted by molar-refractivity contribution is -0.155. The summed E-state index contributed by atoms with van der Waals surface area (Å²) in [5.41, 5.74) is 0.587. The number of amides is 2. The van der Waals surface area contributed by atoms with Gasteiger partial charge in [-0.3, -0.25) is 9.59 Å². The molecule has 7 nitrogen and oxygen atoms in total. The third-order valence-electron chi connectivity index (χ3n) is 5.43. The van der Waals surface area contributed by atoms with Crippen LogP contribution in [0.3, 0.4) is 0 Å². The first-order chi connectivity index (χ1) is 14.1. The number of carbonyl (C=O) groups excluding carboxylic acids is 2. The molecule has 2 fully saturated rings. The molecule has 8 heteroatoms. The Kier molecular flexibility index (Phi) is 5.80. The molecule has 2 saturated heterocycles. The second-order valence-corrected chi connectivity index (χ2v) is 7.35. The van der Waals surface area contributed by atoms with Crippen molar-refractivity contribution in [3.8, 4) is 5.75 Å². The summed E-state index contributed by atoms with van der Waals surface area (Å²) in [6.45, 7) is 2.00. The average molecular weight is 401 g/mol. The number of aromatic nitrogens is 1. The van der Waals surface area contributed by atoms with Crippen LogP contribution in [-0.2, 0) is 9.53 Å².